The molecule has 0 bridgehead atoms. The predicted octanol–water partition coefficient (Wildman–Crippen LogP) is -0.817. The van der Waals surface area contributed by atoms with Crippen LogP contribution in [0.2, 0.25) is 0 Å². The van der Waals surface area contributed by atoms with Gasteiger partial charge in [0.25, 0.3) is 5.56 Å². The van der Waals surface area contributed by atoms with Crippen LogP contribution >= 0.6 is 0 Å². The maximum Gasteiger partial charge on any atom is 0.347 e. The Morgan fingerprint density at radius 3 is 2.35 bits per heavy atom. The summed E-state index contributed by atoms with van der Waals surface area (Å²) in [5.41, 5.74) is -1.34. The fraction of sp³-hybridized carbons (Fsp3) is 0.625. The number of hydrogen-bond acceptors (Lipinski definition) is 7. The second-order valence-corrected chi connectivity index (χ2v) is 6.57. The predicted molar refractivity (Wildman–Crippen MR) is 91.1 cm³/mol. The van der Waals surface area contributed by atoms with E-state index in [1.165, 1.54) is 20.3 Å². The fourth-order valence-corrected chi connectivity index (χ4v) is 3.44. The Kier molecular flexibility index (Phi) is 4.86. The first kappa shape index (κ1) is 18.2. The molecule has 1 atom stereocenters. The maximum absolute atomic E-state index is 12.9. The van der Waals surface area contributed by atoms with E-state index in [4.69, 9.17) is 4.74 Å². The quantitative estimate of drug-likeness (QED) is 0.648. The number of ether oxygens (including phenoxy) is 1. The van der Waals surface area contributed by atoms with Crippen LogP contribution in [0.15, 0.2) is 14.7 Å². The second-order valence-electron chi connectivity index (χ2n) is 6.57. The molecule has 1 unspecified atom stereocenters. The van der Waals surface area contributed by atoms with E-state index >= 15 is 0 Å². The van der Waals surface area contributed by atoms with Crippen molar-refractivity contribution in [2.45, 2.75) is 43.7 Å². The molecule has 1 aromatic rings. The van der Waals surface area contributed by atoms with Gasteiger partial charge in [-0.05, 0) is 25.7 Å². The standard InChI is InChI=1S/C16H21N5O5/c1-19-15(24)13(22)11(8-17-19)12-14(23)21(16(25)20(2)18-12)9-4-6-10(26-3)7-5-9/h8-11H,4-7H2,1-3H3. The van der Waals surface area contributed by atoms with Gasteiger partial charge in [-0.15, -0.1) is 0 Å². The average molecular weight is 363 g/mol. The molecule has 0 saturated heterocycles. The zero-order valence-electron chi connectivity index (χ0n) is 14.9. The zero-order valence-corrected chi connectivity index (χ0v) is 14.9. The summed E-state index contributed by atoms with van der Waals surface area (Å²) in [6.07, 6.45) is 4.04. The molecule has 0 aromatic carbocycles. The van der Waals surface area contributed by atoms with Gasteiger partial charge in [-0.25, -0.2) is 14.5 Å². The van der Waals surface area contributed by atoms with Crippen molar-refractivity contribution in [1.82, 2.24) is 19.4 Å². The molecule has 1 fully saturated rings. The molecule has 1 aromatic heterocycles. The van der Waals surface area contributed by atoms with Crippen molar-refractivity contribution >= 4 is 17.9 Å². The van der Waals surface area contributed by atoms with Gasteiger partial charge in [-0.2, -0.15) is 10.2 Å². The number of rotatable bonds is 3. The van der Waals surface area contributed by atoms with E-state index in [0.29, 0.717) is 12.8 Å². The molecular formula is C16H21N5O5. The summed E-state index contributed by atoms with van der Waals surface area (Å²) in [5, 5.41) is 8.69. The third-order valence-corrected chi connectivity index (χ3v) is 4.99. The van der Waals surface area contributed by atoms with Gasteiger partial charge >= 0.3 is 11.6 Å². The second kappa shape index (κ2) is 6.94. The SMILES string of the molecule is COC1CCC(n2c(=O)c(C3C=NN(C)C(=O)C3=O)nn(C)c2=O)CC1. The topological polar surface area (TPSA) is 116 Å². The Morgan fingerprint density at radius 1 is 1.08 bits per heavy atom. The van der Waals surface area contributed by atoms with E-state index in [-0.39, 0.29) is 17.8 Å². The Labute approximate surface area is 149 Å². The highest BCUT2D eigenvalue weighted by molar-refractivity contribution is 6.42. The molecule has 3 rings (SSSR count). The van der Waals surface area contributed by atoms with E-state index < -0.39 is 28.9 Å². The molecule has 26 heavy (non-hydrogen) atoms. The zero-order chi connectivity index (χ0) is 19.0. The molecule has 1 saturated carbocycles. The van der Waals surface area contributed by atoms with Crippen molar-refractivity contribution in [3.05, 3.63) is 26.5 Å². The van der Waals surface area contributed by atoms with Crippen LogP contribution in [0.25, 0.3) is 0 Å². The van der Waals surface area contributed by atoms with Gasteiger partial charge in [-0.3, -0.25) is 19.0 Å². The lowest BCUT2D eigenvalue weighted by molar-refractivity contribution is -0.144. The minimum Gasteiger partial charge on any atom is -0.381 e. The summed E-state index contributed by atoms with van der Waals surface area (Å²) in [5.74, 6) is -2.79. The smallest absolute Gasteiger partial charge is 0.347 e. The van der Waals surface area contributed by atoms with Crippen LogP contribution in [0.3, 0.4) is 0 Å². The van der Waals surface area contributed by atoms with Gasteiger partial charge in [0.1, 0.15) is 11.6 Å². The van der Waals surface area contributed by atoms with E-state index in [1.54, 1.807) is 7.11 Å². The number of likely N-dealkylation sites (N-methyl/N-ethyl adjacent to an activating group) is 1. The van der Waals surface area contributed by atoms with Crippen LogP contribution in [0.1, 0.15) is 43.3 Å². The number of amides is 1. The van der Waals surface area contributed by atoms with Gasteiger partial charge in [0, 0.05) is 33.5 Å². The fourth-order valence-electron chi connectivity index (χ4n) is 3.44. The van der Waals surface area contributed by atoms with Gasteiger partial charge in [0.2, 0.25) is 5.78 Å². The van der Waals surface area contributed by atoms with Crippen molar-refractivity contribution in [3.8, 4) is 0 Å². The highest BCUT2D eigenvalue weighted by Crippen LogP contribution is 2.28. The molecule has 1 amide bonds. The molecule has 0 spiro atoms. The number of nitrogens with zero attached hydrogens (tertiary/aromatic N) is 5. The molecule has 140 valence electrons. The van der Waals surface area contributed by atoms with Crippen molar-refractivity contribution in [2.75, 3.05) is 14.2 Å². The average Bonchev–Trinajstić information content (AvgIpc) is 2.64. The van der Waals surface area contributed by atoms with Crippen LogP contribution in [-0.4, -0.2) is 57.5 Å². The third-order valence-electron chi connectivity index (χ3n) is 4.99. The number of Topliss-reactive ketones (excluding diaryl/α,β-unsaturated/α-hetero) is 1. The summed E-state index contributed by atoms with van der Waals surface area (Å²) in [4.78, 5) is 49.6. The van der Waals surface area contributed by atoms with E-state index in [2.05, 4.69) is 10.2 Å². The molecular weight excluding hydrogens is 342 g/mol. The van der Waals surface area contributed by atoms with Crippen LogP contribution in [0.4, 0.5) is 0 Å². The molecule has 10 heteroatoms. The Balaban J connectivity index is 2.05. The first-order chi connectivity index (χ1) is 12.3. The molecule has 2 heterocycles. The van der Waals surface area contributed by atoms with Crippen LogP contribution < -0.4 is 11.2 Å². The molecule has 0 N–H and O–H groups in total. The molecule has 0 radical (unpaired) electrons. The van der Waals surface area contributed by atoms with E-state index in [1.807, 2.05) is 0 Å². The minimum absolute atomic E-state index is 0.118. The van der Waals surface area contributed by atoms with Gasteiger partial charge < -0.3 is 4.74 Å². The summed E-state index contributed by atoms with van der Waals surface area (Å²) >= 11 is 0. The Hall–Kier alpha value is -2.62. The Morgan fingerprint density at radius 2 is 1.73 bits per heavy atom. The van der Waals surface area contributed by atoms with E-state index in [0.717, 1.165) is 27.1 Å². The van der Waals surface area contributed by atoms with Gasteiger partial charge in [-0.1, -0.05) is 0 Å². The van der Waals surface area contributed by atoms with Crippen molar-refractivity contribution in [2.24, 2.45) is 12.1 Å². The first-order valence-corrected chi connectivity index (χ1v) is 8.43. The number of carbonyl (C=O) groups is 2. The lowest BCUT2D eigenvalue weighted by atomic mass is 9.92. The normalized spacial score (nSPS) is 26.4. The third kappa shape index (κ3) is 3.00. The number of aromatic nitrogens is 3. The van der Waals surface area contributed by atoms with Crippen molar-refractivity contribution < 1.29 is 14.3 Å². The Bertz CT molecular complexity index is 878. The van der Waals surface area contributed by atoms with Crippen molar-refractivity contribution in [1.29, 1.82) is 0 Å². The minimum atomic E-state index is -1.18. The molecule has 10 nitrogen and oxygen atoms in total. The summed E-state index contributed by atoms with van der Waals surface area (Å²) in [6, 6.07) is -0.289. The number of ketones is 1. The summed E-state index contributed by atoms with van der Waals surface area (Å²) in [7, 11) is 4.41. The maximum atomic E-state index is 12.9. The van der Waals surface area contributed by atoms with Gasteiger partial charge in [0.05, 0.1) is 6.10 Å². The lowest BCUT2D eigenvalue weighted by Crippen LogP contribution is -2.48. The monoisotopic (exact) mass is 363 g/mol. The van der Waals surface area contributed by atoms with Crippen molar-refractivity contribution in [3.63, 3.8) is 0 Å². The van der Waals surface area contributed by atoms with Crippen LogP contribution in [-0.2, 0) is 21.4 Å². The highest BCUT2D eigenvalue weighted by Gasteiger charge is 2.36. The number of hydrazone groups is 1. The number of aryl methyl sites for hydroxylation is 1. The highest BCUT2D eigenvalue weighted by atomic mass is 16.5. The number of carbonyl (C=O) groups excluding carboxylic acids is 2. The largest absolute Gasteiger partial charge is 0.381 e. The van der Waals surface area contributed by atoms with Crippen LogP contribution in [0.5, 0.6) is 0 Å². The number of methoxy groups -OCH3 is 1. The lowest BCUT2D eigenvalue weighted by Gasteiger charge is -2.29. The summed E-state index contributed by atoms with van der Waals surface area (Å²) < 4.78 is 7.51. The first-order valence-electron chi connectivity index (χ1n) is 8.43. The van der Waals surface area contributed by atoms with E-state index in [9.17, 15) is 19.2 Å². The number of hydrogen-bond donors (Lipinski definition) is 0. The van der Waals surface area contributed by atoms with Crippen LogP contribution in [0, 0.1) is 0 Å². The molecule has 2 aliphatic rings. The summed E-state index contributed by atoms with van der Waals surface area (Å²) in [6.45, 7) is 0. The molecule has 1 aliphatic carbocycles. The molecule has 1 aliphatic heterocycles. The van der Waals surface area contributed by atoms with Gasteiger partial charge in [0.15, 0.2) is 0 Å².